The van der Waals surface area contributed by atoms with Gasteiger partial charge in [0.25, 0.3) is 0 Å². The summed E-state index contributed by atoms with van der Waals surface area (Å²) in [7, 11) is 0. The largest absolute Gasteiger partial charge is 0.394 e. The van der Waals surface area contributed by atoms with Gasteiger partial charge in [-0.25, -0.2) is 0 Å². The van der Waals surface area contributed by atoms with Crippen LogP contribution in [0.1, 0.15) is 26.7 Å². The molecule has 3 nitrogen and oxygen atoms in total. The maximum atomic E-state index is 9.51. The SMILES string of the molecule is C=C(C)[C@H]1CC[C@](C)([C@@H](O)CO)O1. The van der Waals surface area contributed by atoms with Crippen LogP contribution in [0.3, 0.4) is 0 Å². The van der Waals surface area contributed by atoms with Crippen LogP contribution < -0.4 is 0 Å². The minimum atomic E-state index is -0.795. The van der Waals surface area contributed by atoms with Crippen LogP contribution in [0.2, 0.25) is 0 Å². The second-order valence-electron chi connectivity index (χ2n) is 4.00. The fraction of sp³-hybridized carbons (Fsp3) is 0.800. The van der Waals surface area contributed by atoms with E-state index in [9.17, 15) is 5.11 Å². The summed E-state index contributed by atoms with van der Waals surface area (Å²) in [5.41, 5.74) is 0.382. The zero-order chi connectivity index (χ0) is 10.1. The summed E-state index contributed by atoms with van der Waals surface area (Å²) < 4.78 is 5.65. The summed E-state index contributed by atoms with van der Waals surface area (Å²) in [4.78, 5) is 0. The van der Waals surface area contributed by atoms with Crippen LogP contribution in [0.5, 0.6) is 0 Å². The van der Waals surface area contributed by atoms with Gasteiger partial charge in [-0.2, -0.15) is 0 Å². The molecule has 1 aliphatic rings. The van der Waals surface area contributed by atoms with E-state index in [-0.39, 0.29) is 12.7 Å². The Kier molecular flexibility index (Phi) is 3.11. The smallest absolute Gasteiger partial charge is 0.106 e. The Morgan fingerprint density at radius 1 is 1.77 bits per heavy atom. The molecule has 1 aliphatic heterocycles. The third-order valence-electron chi connectivity index (χ3n) is 2.74. The van der Waals surface area contributed by atoms with Crippen LogP contribution in [0.15, 0.2) is 12.2 Å². The van der Waals surface area contributed by atoms with Crippen molar-refractivity contribution in [3.8, 4) is 0 Å². The normalized spacial score (nSPS) is 36.2. The number of hydrogen-bond acceptors (Lipinski definition) is 3. The van der Waals surface area contributed by atoms with Gasteiger partial charge in [-0.05, 0) is 26.7 Å². The Balaban J connectivity index is 2.60. The van der Waals surface area contributed by atoms with Crippen LogP contribution in [0.25, 0.3) is 0 Å². The van der Waals surface area contributed by atoms with Gasteiger partial charge in [0.05, 0.1) is 18.3 Å². The van der Waals surface area contributed by atoms with E-state index >= 15 is 0 Å². The Morgan fingerprint density at radius 3 is 2.77 bits per heavy atom. The Morgan fingerprint density at radius 2 is 2.38 bits per heavy atom. The lowest BCUT2D eigenvalue weighted by atomic mass is 9.95. The van der Waals surface area contributed by atoms with Crippen molar-refractivity contribution < 1.29 is 14.9 Å². The third kappa shape index (κ3) is 2.10. The van der Waals surface area contributed by atoms with Crippen molar-refractivity contribution >= 4 is 0 Å². The number of ether oxygens (including phenoxy) is 1. The summed E-state index contributed by atoms with van der Waals surface area (Å²) in [6, 6.07) is 0. The van der Waals surface area contributed by atoms with Crippen LogP contribution in [-0.2, 0) is 4.74 Å². The molecule has 0 radical (unpaired) electrons. The Labute approximate surface area is 79.0 Å². The number of rotatable bonds is 3. The highest BCUT2D eigenvalue weighted by atomic mass is 16.5. The van der Waals surface area contributed by atoms with Gasteiger partial charge in [0, 0.05) is 0 Å². The second kappa shape index (κ2) is 3.78. The summed E-state index contributed by atoms with van der Waals surface area (Å²) in [5, 5.41) is 18.3. The Hall–Kier alpha value is -0.380. The zero-order valence-corrected chi connectivity index (χ0v) is 8.29. The van der Waals surface area contributed by atoms with Crippen LogP contribution >= 0.6 is 0 Å². The van der Waals surface area contributed by atoms with E-state index in [4.69, 9.17) is 9.84 Å². The number of aliphatic hydroxyl groups excluding tert-OH is 2. The van der Waals surface area contributed by atoms with Gasteiger partial charge in [0.15, 0.2) is 0 Å². The first-order valence-electron chi connectivity index (χ1n) is 4.62. The van der Waals surface area contributed by atoms with E-state index in [1.165, 1.54) is 0 Å². The highest BCUT2D eigenvalue weighted by Crippen LogP contribution is 2.35. The van der Waals surface area contributed by atoms with Gasteiger partial charge in [0.2, 0.25) is 0 Å². The molecule has 0 aromatic heterocycles. The standard InChI is InChI=1S/C10H18O3/c1-7(2)8-4-5-10(3,13-8)9(12)6-11/h8-9,11-12H,1,4-6H2,2-3H3/t8-,9+,10-/m1/s1. The molecule has 1 saturated heterocycles. The molecule has 0 aromatic rings. The van der Waals surface area contributed by atoms with Gasteiger partial charge in [0.1, 0.15) is 6.10 Å². The molecule has 76 valence electrons. The van der Waals surface area contributed by atoms with Crippen LogP contribution in [0, 0.1) is 0 Å². The average Bonchev–Trinajstić information content (AvgIpc) is 2.48. The van der Waals surface area contributed by atoms with Gasteiger partial charge < -0.3 is 14.9 Å². The third-order valence-corrected chi connectivity index (χ3v) is 2.74. The predicted molar refractivity (Wildman–Crippen MR) is 50.4 cm³/mol. The quantitative estimate of drug-likeness (QED) is 0.642. The molecule has 0 spiro atoms. The van der Waals surface area contributed by atoms with E-state index in [0.717, 1.165) is 18.4 Å². The molecular formula is C10H18O3. The molecule has 0 amide bonds. The topological polar surface area (TPSA) is 49.7 Å². The lowest BCUT2D eigenvalue weighted by molar-refractivity contribution is -0.111. The molecule has 13 heavy (non-hydrogen) atoms. The molecule has 2 N–H and O–H groups in total. The summed E-state index contributed by atoms with van der Waals surface area (Å²) in [6.07, 6.45) is 0.887. The van der Waals surface area contributed by atoms with Crippen molar-refractivity contribution in [1.82, 2.24) is 0 Å². The average molecular weight is 186 g/mol. The van der Waals surface area contributed by atoms with Gasteiger partial charge in [-0.1, -0.05) is 12.2 Å². The van der Waals surface area contributed by atoms with Crippen molar-refractivity contribution in [2.24, 2.45) is 0 Å². The molecule has 3 atom stereocenters. The molecule has 0 unspecified atom stereocenters. The first-order chi connectivity index (χ1) is 5.99. The van der Waals surface area contributed by atoms with E-state index in [1.807, 2.05) is 13.8 Å². The van der Waals surface area contributed by atoms with Crippen molar-refractivity contribution in [2.45, 2.75) is 44.5 Å². The predicted octanol–water partition coefficient (Wildman–Crippen LogP) is 0.853. The van der Waals surface area contributed by atoms with E-state index < -0.39 is 11.7 Å². The summed E-state index contributed by atoms with van der Waals surface area (Å²) >= 11 is 0. The maximum absolute atomic E-state index is 9.51. The molecule has 1 heterocycles. The molecule has 3 heteroatoms. The molecule has 0 aliphatic carbocycles. The summed E-state index contributed by atoms with van der Waals surface area (Å²) in [5.74, 6) is 0. The van der Waals surface area contributed by atoms with Crippen molar-refractivity contribution in [1.29, 1.82) is 0 Å². The summed E-state index contributed by atoms with van der Waals surface area (Å²) in [6.45, 7) is 7.32. The maximum Gasteiger partial charge on any atom is 0.106 e. The van der Waals surface area contributed by atoms with E-state index in [0.29, 0.717) is 0 Å². The van der Waals surface area contributed by atoms with Crippen molar-refractivity contribution in [3.05, 3.63) is 12.2 Å². The molecule has 1 fully saturated rings. The lowest BCUT2D eigenvalue weighted by Gasteiger charge is -2.29. The van der Waals surface area contributed by atoms with Crippen molar-refractivity contribution in [2.75, 3.05) is 6.61 Å². The lowest BCUT2D eigenvalue weighted by Crippen LogP contribution is -2.41. The van der Waals surface area contributed by atoms with Gasteiger partial charge in [-0.3, -0.25) is 0 Å². The van der Waals surface area contributed by atoms with Gasteiger partial charge in [-0.15, -0.1) is 0 Å². The molecule has 1 rings (SSSR count). The van der Waals surface area contributed by atoms with Crippen LogP contribution in [0.4, 0.5) is 0 Å². The fourth-order valence-corrected chi connectivity index (χ4v) is 1.65. The molecule has 0 bridgehead atoms. The highest BCUT2D eigenvalue weighted by Gasteiger charge is 2.41. The minimum absolute atomic E-state index is 0.0335. The van der Waals surface area contributed by atoms with Crippen molar-refractivity contribution in [3.63, 3.8) is 0 Å². The highest BCUT2D eigenvalue weighted by molar-refractivity contribution is 5.04. The number of aliphatic hydroxyl groups is 2. The first-order valence-corrected chi connectivity index (χ1v) is 4.62. The van der Waals surface area contributed by atoms with E-state index in [1.54, 1.807) is 0 Å². The molecular weight excluding hydrogens is 168 g/mol. The monoisotopic (exact) mass is 186 g/mol. The Bertz CT molecular complexity index is 202. The number of hydrogen-bond donors (Lipinski definition) is 2. The fourth-order valence-electron chi connectivity index (χ4n) is 1.65. The first kappa shape index (κ1) is 10.7. The van der Waals surface area contributed by atoms with E-state index in [2.05, 4.69) is 6.58 Å². The minimum Gasteiger partial charge on any atom is -0.394 e. The van der Waals surface area contributed by atoms with Gasteiger partial charge >= 0.3 is 0 Å². The van der Waals surface area contributed by atoms with Crippen LogP contribution in [-0.4, -0.2) is 34.6 Å². The molecule has 0 saturated carbocycles. The molecule has 0 aromatic carbocycles. The second-order valence-corrected chi connectivity index (χ2v) is 4.00. The zero-order valence-electron chi connectivity index (χ0n) is 8.29.